The maximum absolute atomic E-state index is 12.0. The summed E-state index contributed by atoms with van der Waals surface area (Å²) in [5, 5.41) is 14.6. The molecule has 1 aromatic heterocycles. The first-order valence-electron chi connectivity index (χ1n) is 6.76. The van der Waals surface area contributed by atoms with Crippen LogP contribution in [0.1, 0.15) is 23.5 Å². The molecule has 0 radical (unpaired) electrons. The molecule has 1 aromatic rings. The Kier molecular flexibility index (Phi) is 4.65. The van der Waals surface area contributed by atoms with Gasteiger partial charge in [0.1, 0.15) is 4.88 Å². The van der Waals surface area contributed by atoms with Crippen molar-refractivity contribution in [2.24, 2.45) is 5.92 Å². The Morgan fingerprint density at radius 1 is 1.52 bits per heavy atom. The summed E-state index contributed by atoms with van der Waals surface area (Å²) in [6.45, 7) is 5.11. The molecule has 21 heavy (non-hydrogen) atoms. The van der Waals surface area contributed by atoms with Gasteiger partial charge in [0, 0.05) is 13.1 Å². The van der Waals surface area contributed by atoms with E-state index in [1.165, 1.54) is 18.4 Å². The van der Waals surface area contributed by atoms with Crippen LogP contribution in [0.2, 0.25) is 0 Å². The van der Waals surface area contributed by atoms with E-state index < -0.39 is 11.6 Å². The second-order valence-corrected chi connectivity index (χ2v) is 6.52. The molecule has 2 rings (SSSR count). The summed E-state index contributed by atoms with van der Waals surface area (Å²) in [4.78, 5) is 25.8. The van der Waals surface area contributed by atoms with E-state index in [2.05, 4.69) is 10.1 Å². The molecule has 0 aliphatic carbocycles. The molecule has 0 unspecified atom stereocenters. The number of rotatable bonds is 5. The van der Waals surface area contributed by atoms with Crippen molar-refractivity contribution in [3.63, 3.8) is 0 Å². The smallest absolute Gasteiger partial charge is 0.350 e. The van der Waals surface area contributed by atoms with E-state index in [4.69, 9.17) is 0 Å². The van der Waals surface area contributed by atoms with E-state index >= 15 is 0 Å². The minimum Gasteiger partial charge on any atom is -0.465 e. The fraction of sp³-hybridized carbons (Fsp3) is 0.571. The Balaban J connectivity index is 1.87. The van der Waals surface area contributed by atoms with Gasteiger partial charge in [0.2, 0.25) is 5.91 Å². The van der Waals surface area contributed by atoms with E-state index in [1.807, 2.05) is 18.7 Å². The predicted molar refractivity (Wildman–Crippen MR) is 80.5 cm³/mol. The molecule has 2 heterocycles. The summed E-state index contributed by atoms with van der Waals surface area (Å²) >= 11 is 1.22. The average molecular weight is 312 g/mol. The van der Waals surface area contributed by atoms with Gasteiger partial charge in [-0.3, -0.25) is 9.69 Å². The topological polar surface area (TPSA) is 78.9 Å². The fourth-order valence-corrected chi connectivity index (χ4v) is 3.02. The molecule has 1 aliphatic heterocycles. The number of carbonyl (C=O) groups excluding carboxylic acids is 2. The lowest BCUT2D eigenvalue weighted by atomic mass is 9.83. The van der Waals surface area contributed by atoms with Gasteiger partial charge in [-0.15, -0.1) is 11.3 Å². The standard InChI is InChI=1S/C14H20N2O4S/c1-9(2)14(19)7-16(8-14)6-11(17)15-10-4-5-21-12(10)13(18)20-3/h4-5,9,19H,6-8H2,1-3H3,(H,15,17). The number of esters is 1. The van der Waals surface area contributed by atoms with Crippen molar-refractivity contribution >= 4 is 28.9 Å². The van der Waals surface area contributed by atoms with Gasteiger partial charge < -0.3 is 15.2 Å². The summed E-state index contributed by atoms with van der Waals surface area (Å²) in [7, 11) is 1.31. The number of nitrogens with one attached hydrogen (secondary N) is 1. The van der Waals surface area contributed by atoms with Crippen molar-refractivity contribution in [2.75, 3.05) is 32.1 Å². The first-order chi connectivity index (χ1) is 9.85. The number of ether oxygens (including phenoxy) is 1. The molecule has 0 saturated carbocycles. The summed E-state index contributed by atoms with van der Waals surface area (Å²) in [5.41, 5.74) is -0.226. The van der Waals surface area contributed by atoms with E-state index in [0.29, 0.717) is 23.7 Å². The van der Waals surface area contributed by atoms with Gasteiger partial charge in [0.05, 0.1) is 24.9 Å². The molecular weight excluding hydrogens is 292 g/mol. The van der Waals surface area contributed by atoms with Crippen LogP contribution in [0.4, 0.5) is 5.69 Å². The van der Waals surface area contributed by atoms with Gasteiger partial charge in [-0.05, 0) is 17.4 Å². The number of amides is 1. The molecule has 1 saturated heterocycles. The average Bonchev–Trinajstić information content (AvgIpc) is 2.83. The minimum absolute atomic E-state index is 0.166. The van der Waals surface area contributed by atoms with Crippen LogP contribution in [0.3, 0.4) is 0 Å². The van der Waals surface area contributed by atoms with Gasteiger partial charge >= 0.3 is 5.97 Å². The number of thiophene rings is 1. The first kappa shape index (κ1) is 15.9. The Morgan fingerprint density at radius 3 is 2.76 bits per heavy atom. The summed E-state index contributed by atoms with van der Waals surface area (Å²) in [6, 6.07) is 1.68. The van der Waals surface area contributed by atoms with Crippen molar-refractivity contribution in [3.8, 4) is 0 Å². The van der Waals surface area contributed by atoms with Crippen molar-refractivity contribution < 1.29 is 19.4 Å². The molecule has 0 atom stereocenters. The van der Waals surface area contributed by atoms with Gasteiger partial charge in [0.15, 0.2) is 0 Å². The summed E-state index contributed by atoms with van der Waals surface area (Å²) in [5.74, 6) is -0.498. The predicted octanol–water partition coefficient (Wildman–Crippen LogP) is 1.18. The van der Waals surface area contributed by atoms with Crippen LogP contribution in [-0.2, 0) is 9.53 Å². The van der Waals surface area contributed by atoms with Crippen LogP contribution in [0.5, 0.6) is 0 Å². The number of carbonyl (C=O) groups is 2. The molecule has 1 aliphatic rings. The second kappa shape index (κ2) is 6.13. The Labute approximate surface area is 127 Å². The van der Waals surface area contributed by atoms with E-state index in [0.717, 1.165) is 0 Å². The van der Waals surface area contributed by atoms with Crippen LogP contribution < -0.4 is 5.32 Å². The molecule has 1 amide bonds. The zero-order chi connectivity index (χ0) is 15.6. The lowest BCUT2D eigenvalue weighted by Gasteiger charge is -2.48. The number of likely N-dealkylation sites (tertiary alicyclic amines) is 1. The Bertz CT molecular complexity index is 535. The molecule has 7 heteroatoms. The molecular formula is C14H20N2O4S. The van der Waals surface area contributed by atoms with Crippen molar-refractivity contribution in [3.05, 3.63) is 16.3 Å². The van der Waals surface area contributed by atoms with E-state index in [1.54, 1.807) is 11.4 Å². The van der Waals surface area contributed by atoms with Crippen LogP contribution in [-0.4, -0.2) is 54.2 Å². The van der Waals surface area contributed by atoms with Crippen molar-refractivity contribution in [1.82, 2.24) is 4.90 Å². The maximum atomic E-state index is 12.0. The quantitative estimate of drug-likeness (QED) is 0.798. The number of β-amino-alcohol motifs (C(OH)–C–C–N with tert-alkyl or cyclic N) is 1. The van der Waals surface area contributed by atoms with Crippen LogP contribution in [0.25, 0.3) is 0 Å². The second-order valence-electron chi connectivity index (χ2n) is 5.61. The van der Waals surface area contributed by atoms with Crippen molar-refractivity contribution in [1.29, 1.82) is 0 Å². The highest BCUT2D eigenvalue weighted by molar-refractivity contribution is 7.12. The third kappa shape index (κ3) is 3.42. The normalized spacial score (nSPS) is 17.4. The van der Waals surface area contributed by atoms with Crippen LogP contribution in [0, 0.1) is 5.92 Å². The molecule has 116 valence electrons. The largest absolute Gasteiger partial charge is 0.465 e. The minimum atomic E-state index is -0.695. The maximum Gasteiger partial charge on any atom is 0.350 e. The number of methoxy groups -OCH3 is 1. The third-order valence-corrected chi connectivity index (χ3v) is 4.64. The third-order valence-electron chi connectivity index (χ3n) is 3.75. The Morgan fingerprint density at radius 2 is 2.19 bits per heavy atom. The highest BCUT2D eigenvalue weighted by Crippen LogP contribution is 2.28. The molecule has 0 bridgehead atoms. The molecule has 0 aromatic carbocycles. The lowest BCUT2D eigenvalue weighted by molar-refractivity contribution is -0.139. The molecule has 1 fully saturated rings. The molecule has 0 spiro atoms. The number of aliphatic hydroxyl groups is 1. The molecule has 6 nitrogen and oxygen atoms in total. The zero-order valence-electron chi connectivity index (χ0n) is 12.4. The fourth-order valence-electron chi connectivity index (χ4n) is 2.26. The van der Waals surface area contributed by atoms with Gasteiger partial charge in [-0.2, -0.15) is 0 Å². The van der Waals surface area contributed by atoms with Gasteiger partial charge in [0.25, 0.3) is 0 Å². The van der Waals surface area contributed by atoms with Crippen LogP contribution in [0.15, 0.2) is 11.4 Å². The first-order valence-corrected chi connectivity index (χ1v) is 7.64. The van der Waals surface area contributed by atoms with E-state index in [-0.39, 0.29) is 18.4 Å². The monoisotopic (exact) mass is 312 g/mol. The lowest BCUT2D eigenvalue weighted by Crippen LogP contribution is -2.65. The number of hydrogen-bond donors (Lipinski definition) is 2. The number of hydrogen-bond acceptors (Lipinski definition) is 6. The highest BCUT2D eigenvalue weighted by atomic mass is 32.1. The Hall–Kier alpha value is -1.44. The van der Waals surface area contributed by atoms with Crippen LogP contribution >= 0.6 is 11.3 Å². The summed E-state index contributed by atoms with van der Waals surface area (Å²) in [6.07, 6.45) is 0. The SMILES string of the molecule is COC(=O)c1sccc1NC(=O)CN1CC(O)(C(C)C)C1. The van der Waals surface area contributed by atoms with Crippen molar-refractivity contribution in [2.45, 2.75) is 19.4 Å². The highest BCUT2D eigenvalue weighted by Gasteiger charge is 2.43. The number of anilines is 1. The summed E-state index contributed by atoms with van der Waals surface area (Å²) < 4.78 is 4.66. The zero-order valence-corrected chi connectivity index (χ0v) is 13.2. The molecule has 2 N–H and O–H groups in total. The van der Waals surface area contributed by atoms with Gasteiger partial charge in [-0.25, -0.2) is 4.79 Å². The van der Waals surface area contributed by atoms with E-state index in [9.17, 15) is 14.7 Å². The van der Waals surface area contributed by atoms with Gasteiger partial charge in [-0.1, -0.05) is 13.8 Å². The number of nitrogens with zero attached hydrogens (tertiary/aromatic N) is 1.